The molecule has 0 bridgehead atoms. The number of aliphatic hydroxyl groups excluding tert-OH is 1. The van der Waals surface area contributed by atoms with Gasteiger partial charge < -0.3 is 14.6 Å². The number of rotatable bonds is 6. The SMILES string of the molecule is CCC(C)(C(O)c1c(OC)cccc1OC)N1CCCC1. The van der Waals surface area contributed by atoms with Gasteiger partial charge in [-0.15, -0.1) is 0 Å². The Morgan fingerprint density at radius 3 is 2.14 bits per heavy atom. The van der Waals surface area contributed by atoms with Crippen LogP contribution in [0.2, 0.25) is 0 Å². The van der Waals surface area contributed by atoms with E-state index in [1.807, 2.05) is 18.2 Å². The van der Waals surface area contributed by atoms with Crippen molar-refractivity contribution >= 4 is 0 Å². The van der Waals surface area contributed by atoms with Crippen molar-refractivity contribution in [3.05, 3.63) is 23.8 Å². The van der Waals surface area contributed by atoms with E-state index in [0.29, 0.717) is 11.5 Å². The van der Waals surface area contributed by atoms with Gasteiger partial charge in [-0.2, -0.15) is 0 Å². The molecule has 1 fully saturated rings. The number of benzene rings is 1. The van der Waals surface area contributed by atoms with Crippen molar-refractivity contribution in [1.29, 1.82) is 0 Å². The second-order valence-corrected chi connectivity index (χ2v) is 5.88. The van der Waals surface area contributed by atoms with Gasteiger partial charge >= 0.3 is 0 Å². The minimum absolute atomic E-state index is 0.307. The molecule has 1 saturated heterocycles. The van der Waals surface area contributed by atoms with E-state index in [1.165, 1.54) is 12.8 Å². The molecule has 118 valence electrons. The third-order valence-corrected chi connectivity index (χ3v) is 4.87. The molecule has 0 aliphatic carbocycles. The highest BCUT2D eigenvalue weighted by Gasteiger charge is 2.41. The first-order valence-electron chi connectivity index (χ1n) is 7.72. The summed E-state index contributed by atoms with van der Waals surface area (Å²) in [6, 6.07) is 5.63. The van der Waals surface area contributed by atoms with Gasteiger partial charge in [-0.25, -0.2) is 0 Å². The predicted molar refractivity (Wildman–Crippen MR) is 84.0 cm³/mol. The van der Waals surface area contributed by atoms with E-state index in [2.05, 4.69) is 18.7 Å². The lowest BCUT2D eigenvalue weighted by Gasteiger charge is -2.42. The molecule has 1 aliphatic heterocycles. The zero-order valence-electron chi connectivity index (χ0n) is 13.6. The fourth-order valence-electron chi connectivity index (χ4n) is 3.28. The molecule has 0 radical (unpaired) electrons. The van der Waals surface area contributed by atoms with Crippen molar-refractivity contribution in [2.75, 3.05) is 27.3 Å². The normalized spacial score (nSPS) is 20.0. The minimum Gasteiger partial charge on any atom is -0.496 e. The Morgan fingerprint density at radius 1 is 1.19 bits per heavy atom. The summed E-state index contributed by atoms with van der Waals surface area (Å²) in [4.78, 5) is 2.39. The average molecular weight is 293 g/mol. The van der Waals surface area contributed by atoms with Gasteiger partial charge in [-0.3, -0.25) is 4.90 Å². The number of hydrogen-bond acceptors (Lipinski definition) is 4. The van der Waals surface area contributed by atoms with Crippen LogP contribution >= 0.6 is 0 Å². The van der Waals surface area contributed by atoms with Crippen molar-refractivity contribution in [3.8, 4) is 11.5 Å². The molecular weight excluding hydrogens is 266 g/mol. The molecule has 1 heterocycles. The lowest BCUT2D eigenvalue weighted by Crippen LogP contribution is -2.49. The highest BCUT2D eigenvalue weighted by Crippen LogP contribution is 2.43. The standard InChI is InChI=1S/C17H27NO3/c1-5-17(2,18-11-6-7-12-18)16(19)15-13(20-3)9-8-10-14(15)21-4/h8-10,16,19H,5-7,11-12H2,1-4H3. The molecule has 1 N–H and O–H groups in total. The van der Waals surface area contributed by atoms with Gasteiger partial charge in [0.05, 0.1) is 19.8 Å². The zero-order chi connectivity index (χ0) is 15.5. The van der Waals surface area contributed by atoms with Gasteiger partial charge in [0.2, 0.25) is 0 Å². The van der Waals surface area contributed by atoms with Crippen LogP contribution in [0, 0.1) is 0 Å². The molecule has 0 aromatic heterocycles. The summed E-state index contributed by atoms with van der Waals surface area (Å²) in [7, 11) is 3.26. The molecule has 2 unspecified atom stereocenters. The monoisotopic (exact) mass is 293 g/mol. The number of nitrogens with zero attached hydrogens (tertiary/aromatic N) is 1. The Kier molecular flexibility index (Phi) is 5.12. The topological polar surface area (TPSA) is 41.9 Å². The molecule has 1 aliphatic rings. The summed E-state index contributed by atoms with van der Waals surface area (Å²) in [6.07, 6.45) is 2.62. The molecule has 21 heavy (non-hydrogen) atoms. The lowest BCUT2D eigenvalue weighted by molar-refractivity contribution is -0.0162. The third kappa shape index (κ3) is 2.87. The smallest absolute Gasteiger partial charge is 0.128 e. The molecule has 4 heteroatoms. The Labute approximate surface area is 127 Å². The second kappa shape index (κ2) is 6.67. The first-order valence-corrected chi connectivity index (χ1v) is 7.72. The fraction of sp³-hybridized carbons (Fsp3) is 0.647. The number of methoxy groups -OCH3 is 2. The van der Waals surface area contributed by atoms with E-state index in [0.717, 1.165) is 25.1 Å². The van der Waals surface area contributed by atoms with Crippen LogP contribution in [0.4, 0.5) is 0 Å². The molecule has 1 aromatic rings. The van der Waals surface area contributed by atoms with E-state index in [4.69, 9.17) is 9.47 Å². The first-order chi connectivity index (χ1) is 10.1. The number of likely N-dealkylation sites (tertiary alicyclic amines) is 1. The van der Waals surface area contributed by atoms with Gasteiger partial charge in [0.25, 0.3) is 0 Å². The number of ether oxygens (including phenoxy) is 2. The molecule has 0 spiro atoms. The molecule has 2 rings (SSSR count). The summed E-state index contributed by atoms with van der Waals surface area (Å²) in [6.45, 7) is 6.34. The zero-order valence-corrected chi connectivity index (χ0v) is 13.6. The minimum atomic E-state index is -0.647. The van der Waals surface area contributed by atoms with Crippen LogP contribution in [0.25, 0.3) is 0 Å². The van der Waals surface area contributed by atoms with E-state index >= 15 is 0 Å². The predicted octanol–water partition coefficient (Wildman–Crippen LogP) is 3.00. The van der Waals surface area contributed by atoms with Crippen molar-refractivity contribution in [2.45, 2.75) is 44.8 Å². The average Bonchev–Trinajstić information content (AvgIpc) is 3.07. The Hall–Kier alpha value is -1.26. The van der Waals surface area contributed by atoms with E-state index < -0.39 is 6.10 Å². The van der Waals surface area contributed by atoms with E-state index in [9.17, 15) is 5.11 Å². The van der Waals surface area contributed by atoms with Crippen LogP contribution in [0.15, 0.2) is 18.2 Å². The number of hydrogen-bond donors (Lipinski definition) is 1. The summed E-state index contributed by atoms with van der Waals surface area (Å²) in [5.41, 5.74) is 0.442. The maximum absolute atomic E-state index is 11.1. The Morgan fingerprint density at radius 2 is 1.71 bits per heavy atom. The Bertz CT molecular complexity index is 449. The molecule has 4 nitrogen and oxygen atoms in total. The lowest BCUT2D eigenvalue weighted by atomic mass is 9.84. The van der Waals surface area contributed by atoms with Gasteiger partial charge in [-0.05, 0) is 51.4 Å². The molecule has 1 aromatic carbocycles. The highest BCUT2D eigenvalue weighted by molar-refractivity contribution is 5.47. The van der Waals surface area contributed by atoms with Crippen molar-refractivity contribution in [3.63, 3.8) is 0 Å². The van der Waals surface area contributed by atoms with Crippen molar-refractivity contribution in [2.24, 2.45) is 0 Å². The van der Waals surface area contributed by atoms with E-state index in [-0.39, 0.29) is 5.54 Å². The highest BCUT2D eigenvalue weighted by atomic mass is 16.5. The number of aliphatic hydroxyl groups is 1. The van der Waals surface area contributed by atoms with Crippen LogP contribution in [0.3, 0.4) is 0 Å². The van der Waals surface area contributed by atoms with Crippen LogP contribution in [-0.2, 0) is 0 Å². The Balaban J connectivity index is 2.43. The van der Waals surface area contributed by atoms with Gasteiger partial charge in [0, 0.05) is 5.54 Å². The quantitative estimate of drug-likeness (QED) is 0.875. The first kappa shape index (κ1) is 16.1. The largest absolute Gasteiger partial charge is 0.496 e. The second-order valence-electron chi connectivity index (χ2n) is 5.88. The van der Waals surface area contributed by atoms with Gasteiger partial charge in [0.15, 0.2) is 0 Å². The summed E-state index contributed by atoms with van der Waals surface area (Å²) in [5.74, 6) is 1.36. The maximum Gasteiger partial charge on any atom is 0.128 e. The summed E-state index contributed by atoms with van der Waals surface area (Å²) >= 11 is 0. The molecular formula is C17H27NO3. The van der Waals surface area contributed by atoms with Crippen molar-refractivity contribution in [1.82, 2.24) is 4.90 Å². The van der Waals surface area contributed by atoms with Gasteiger partial charge in [-0.1, -0.05) is 13.0 Å². The molecule has 0 amide bonds. The van der Waals surface area contributed by atoms with Gasteiger partial charge in [0.1, 0.15) is 17.6 Å². The van der Waals surface area contributed by atoms with Crippen LogP contribution in [0.5, 0.6) is 11.5 Å². The molecule has 2 atom stereocenters. The van der Waals surface area contributed by atoms with Crippen LogP contribution in [-0.4, -0.2) is 42.9 Å². The van der Waals surface area contributed by atoms with Crippen molar-refractivity contribution < 1.29 is 14.6 Å². The third-order valence-electron chi connectivity index (χ3n) is 4.87. The summed E-state index contributed by atoms with van der Waals surface area (Å²) in [5, 5.41) is 11.1. The fourth-order valence-corrected chi connectivity index (χ4v) is 3.28. The summed E-state index contributed by atoms with van der Waals surface area (Å²) < 4.78 is 10.9. The maximum atomic E-state index is 11.1. The van der Waals surface area contributed by atoms with Crippen LogP contribution < -0.4 is 9.47 Å². The van der Waals surface area contributed by atoms with E-state index in [1.54, 1.807) is 14.2 Å². The molecule has 0 saturated carbocycles. The van der Waals surface area contributed by atoms with Crippen LogP contribution in [0.1, 0.15) is 44.8 Å².